The molecule has 1 heterocycles. The number of aliphatic hydroxyl groups is 1. The van der Waals surface area contributed by atoms with Crippen LogP contribution in [0.25, 0.3) is 10.6 Å². The van der Waals surface area contributed by atoms with Gasteiger partial charge >= 0.3 is 0 Å². The zero-order valence-electron chi connectivity index (χ0n) is 10.9. The van der Waals surface area contributed by atoms with E-state index in [2.05, 4.69) is 31.2 Å². The van der Waals surface area contributed by atoms with E-state index < -0.39 is 0 Å². The monoisotopic (exact) mass is 291 g/mol. The fourth-order valence-electron chi connectivity index (χ4n) is 2.38. The summed E-state index contributed by atoms with van der Waals surface area (Å²) in [4.78, 5) is 7.07. The van der Waals surface area contributed by atoms with Gasteiger partial charge in [0.25, 0.3) is 0 Å². The summed E-state index contributed by atoms with van der Waals surface area (Å²) >= 11 is 3.50. The van der Waals surface area contributed by atoms with Crippen LogP contribution in [0, 0.1) is 0 Å². The van der Waals surface area contributed by atoms with Crippen LogP contribution in [0.2, 0.25) is 0 Å². The minimum atomic E-state index is -0.301. The predicted octanol–water partition coefficient (Wildman–Crippen LogP) is 4.29. The highest BCUT2D eigenvalue weighted by Gasteiger charge is 2.22. The maximum absolute atomic E-state index is 10.0. The Bertz CT molecular complexity index is 562. The molecule has 1 aromatic carbocycles. The normalized spacial score (nSPS) is 18.3. The number of benzene rings is 1. The number of nitrogens with zero attached hydrogens (tertiary/aromatic N) is 1. The van der Waals surface area contributed by atoms with Gasteiger partial charge in [0.2, 0.25) is 0 Å². The summed E-state index contributed by atoms with van der Waals surface area (Å²) in [6.07, 6.45) is 2.63. The van der Waals surface area contributed by atoms with Crippen LogP contribution >= 0.6 is 23.1 Å². The fraction of sp³-hybridized carbons (Fsp3) is 0.400. The van der Waals surface area contributed by atoms with E-state index in [1.165, 1.54) is 4.90 Å². The van der Waals surface area contributed by atoms with Crippen molar-refractivity contribution in [2.24, 2.45) is 0 Å². The summed E-state index contributed by atoms with van der Waals surface area (Å²) in [6.45, 7) is 2.16. The van der Waals surface area contributed by atoms with Crippen LogP contribution in [0.15, 0.2) is 29.2 Å². The number of aliphatic hydroxyl groups excluding tert-OH is 1. The Labute approximate surface area is 121 Å². The molecule has 0 amide bonds. The Balaban J connectivity index is 1.89. The molecule has 1 aromatic heterocycles. The van der Waals surface area contributed by atoms with Crippen LogP contribution in [0.3, 0.4) is 0 Å². The van der Waals surface area contributed by atoms with Gasteiger partial charge in [0.1, 0.15) is 5.01 Å². The number of thioether (sulfide) groups is 1. The summed E-state index contributed by atoms with van der Waals surface area (Å²) in [5, 5.41) is 11.0. The summed E-state index contributed by atoms with van der Waals surface area (Å²) in [7, 11) is 0. The zero-order valence-corrected chi connectivity index (χ0v) is 12.6. The highest BCUT2D eigenvalue weighted by Crippen LogP contribution is 2.38. The largest absolute Gasteiger partial charge is 0.388 e. The summed E-state index contributed by atoms with van der Waals surface area (Å²) in [5.41, 5.74) is 2.26. The summed E-state index contributed by atoms with van der Waals surface area (Å²) in [5.74, 6) is 1.09. The third-order valence-corrected chi connectivity index (χ3v) is 5.48. The van der Waals surface area contributed by atoms with Crippen molar-refractivity contribution in [3.05, 3.63) is 34.8 Å². The molecule has 3 rings (SSSR count). The van der Waals surface area contributed by atoms with Crippen molar-refractivity contribution in [1.29, 1.82) is 0 Å². The molecule has 0 bridgehead atoms. The van der Waals surface area contributed by atoms with Gasteiger partial charge < -0.3 is 5.11 Å². The maximum atomic E-state index is 10.0. The molecule has 0 aliphatic heterocycles. The average Bonchev–Trinajstić information content (AvgIpc) is 2.85. The Morgan fingerprint density at radius 2 is 2.16 bits per heavy atom. The molecule has 0 spiro atoms. The molecule has 1 aliphatic rings. The van der Waals surface area contributed by atoms with E-state index >= 15 is 0 Å². The average molecular weight is 291 g/mol. The number of aromatic nitrogens is 1. The molecule has 2 aromatic rings. The number of fused-ring (bicyclic) bond motifs is 1. The highest BCUT2D eigenvalue weighted by atomic mass is 32.2. The first-order chi connectivity index (χ1) is 9.28. The van der Waals surface area contributed by atoms with Gasteiger partial charge in [-0.2, -0.15) is 0 Å². The topological polar surface area (TPSA) is 33.1 Å². The van der Waals surface area contributed by atoms with E-state index in [0.717, 1.165) is 46.2 Å². The van der Waals surface area contributed by atoms with Crippen molar-refractivity contribution >= 4 is 23.1 Å². The minimum absolute atomic E-state index is 0.301. The molecule has 19 heavy (non-hydrogen) atoms. The molecule has 1 unspecified atom stereocenters. The van der Waals surface area contributed by atoms with Crippen molar-refractivity contribution in [2.45, 2.75) is 37.2 Å². The second-order valence-corrected chi connectivity index (χ2v) is 7.06. The number of thiazole rings is 1. The van der Waals surface area contributed by atoms with Crippen molar-refractivity contribution in [3.63, 3.8) is 0 Å². The number of hydrogen-bond donors (Lipinski definition) is 1. The lowest BCUT2D eigenvalue weighted by Crippen LogP contribution is -2.06. The molecule has 0 saturated heterocycles. The van der Waals surface area contributed by atoms with Crippen LogP contribution < -0.4 is 0 Å². The molecule has 0 fully saturated rings. The van der Waals surface area contributed by atoms with Gasteiger partial charge in [0.05, 0.1) is 16.7 Å². The van der Waals surface area contributed by atoms with Crippen LogP contribution in [-0.2, 0) is 6.42 Å². The molecular formula is C15H17NOS2. The SMILES string of the molecule is CCSc1ccc(-c2nc3c(s2)C(O)CCC3)cc1. The number of hydrogen-bond acceptors (Lipinski definition) is 4. The molecule has 1 atom stereocenters. The van der Waals surface area contributed by atoms with Gasteiger partial charge in [-0.3, -0.25) is 0 Å². The molecule has 4 heteroatoms. The van der Waals surface area contributed by atoms with E-state index in [1.54, 1.807) is 11.3 Å². The zero-order chi connectivity index (χ0) is 13.2. The first kappa shape index (κ1) is 13.2. The van der Waals surface area contributed by atoms with Gasteiger partial charge in [0, 0.05) is 10.5 Å². The first-order valence-corrected chi connectivity index (χ1v) is 8.49. The van der Waals surface area contributed by atoms with Gasteiger partial charge in [-0.25, -0.2) is 4.98 Å². The first-order valence-electron chi connectivity index (χ1n) is 6.69. The molecule has 1 aliphatic carbocycles. The Hall–Kier alpha value is -0.840. The summed E-state index contributed by atoms with van der Waals surface area (Å²) in [6, 6.07) is 8.57. The Morgan fingerprint density at radius 3 is 2.84 bits per heavy atom. The minimum Gasteiger partial charge on any atom is -0.388 e. The van der Waals surface area contributed by atoms with Gasteiger partial charge in [-0.1, -0.05) is 19.1 Å². The smallest absolute Gasteiger partial charge is 0.123 e. The third-order valence-electron chi connectivity index (χ3n) is 3.33. The fourth-order valence-corrected chi connectivity index (χ4v) is 4.18. The van der Waals surface area contributed by atoms with Crippen LogP contribution in [0.5, 0.6) is 0 Å². The van der Waals surface area contributed by atoms with E-state index in [1.807, 2.05) is 11.8 Å². The predicted molar refractivity (Wildman–Crippen MR) is 81.8 cm³/mol. The molecular weight excluding hydrogens is 274 g/mol. The van der Waals surface area contributed by atoms with Crippen molar-refractivity contribution in [1.82, 2.24) is 4.98 Å². The molecule has 0 radical (unpaired) electrons. The van der Waals surface area contributed by atoms with Crippen molar-refractivity contribution < 1.29 is 5.11 Å². The second-order valence-electron chi connectivity index (χ2n) is 4.70. The molecule has 100 valence electrons. The summed E-state index contributed by atoms with van der Waals surface area (Å²) < 4.78 is 0. The lowest BCUT2D eigenvalue weighted by atomic mass is 10.0. The van der Waals surface area contributed by atoms with E-state index in [4.69, 9.17) is 4.98 Å². The maximum Gasteiger partial charge on any atom is 0.123 e. The van der Waals surface area contributed by atoms with Crippen LogP contribution in [-0.4, -0.2) is 15.8 Å². The number of rotatable bonds is 3. The van der Waals surface area contributed by atoms with Gasteiger partial charge in [-0.15, -0.1) is 23.1 Å². The standard InChI is InChI=1S/C15H17NOS2/c1-2-18-11-8-6-10(7-9-11)15-16-12-4-3-5-13(17)14(12)19-15/h6-9,13,17H,2-5H2,1H3. The van der Waals surface area contributed by atoms with Crippen molar-refractivity contribution in [2.75, 3.05) is 5.75 Å². The van der Waals surface area contributed by atoms with Crippen LogP contribution in [0.1, 0.15) is 36.4 Å². The molecule has 1 N–H and O–H groups in total. The van der Waals surface area contributed by atoms with Crippen molar-refractivity contribution in [3.8, 4) is 10.6 Å². The second kappa shape index (κ2) is 5.65. The van der Waals surface area contributed by atoms with E-state index in [9.17, 15) is 5.11 Å². The van der Waals surface area contributed by atoms with E-state index in [0.29, 0.717) is 0 Å². The lowest BCUT2D eigenvalue weighted by molar-refractivity contribution is 0.160. The number of aryl methyl sites for hydroxylation is 1. The molecule has 0 saturated carbocycles. The quantitative estimate of drug-likeness (QED) is 0.856. The van der Waals surface area contributed by atoms with Gasteiger partial charge in [0.15, 0.2) is 0 Å². The Kier molecular flexibility index (Phi) is 3.91. The third kappa shape index (κ3) is 2.71. The molecule has 2 nitrogen and oxygen atoms in total. The van der Waals surface area contributed by atoms with E-state index in [-0.39, 0.29) is 6.10 Å². The highest BCUT2D eigenvalue weighted by molar-refractivity contribution is 7.99. The Morgan fingerprint density at radius 1 is 1.37 bits per heavy atom. The van der Waals surface area contributed by atoms with Gasteiger partial charge in [-0.05, 0) is 37.1 Å². The van der Waals surface area contributed by atoms with Crippen LogP contribution in [0.4, 0.5) is 0 Å². The lowest BCUT2D eigenvalue weighted by Gasteiger charge is -2.14.